The molecule has 0 nitrogen and oxygen atoms in total. The molecule has 0 amide bonds. The molecule has 1 heterocycles. The molecule has 19 heavy (non-hydrogen) atoms. The van der Waals surface area contributed by atoms with E-state index in [9.17, 15) is 13.2 Å². The van der Waals surface area contributed by atoms with Crippen molar-refractivity contribution in [3.63, 3.8) is 0 Å². The molecule has 1 aliphatic heterocycles. The fourth-order valence-corrected chi connectivity index (χ4v) is 7.54. The SMILES string of the molecule is Cc1cccc2c1C=C(C(C)(C)C)S2(Br)C(F)(F)F. The Bertz CT molecular complexity index is 555. The lowest BCUT2D eigenvalue weighted by molar-refractivity contribution is -0.0358. The van der Waals surface area contributed by atoms with Crippen molar-refractivity contribution in [2.24, 2.45) is 5.41 Å². The third-order valence-electron chi connectivity index (χ3n) is 3.22. The molecule has 1 aromatic carbocycles. The molecule has 1 aromatic rings. The number of hydrogen-bond acceptors (Lipinski definition) is 0. The lowest BCUT2D eigenvalue weighted by Gasteiger charge is -2.40. The molecule has 0 N–H and O–H groups in total. The highest BCUT2D eigenvalue weighted by molar-refractivity contribution is 9.59. The Labute approximate surface area is 120 Å². The van der Waals surface area contributed by atoms with Crippen LogP contribution >= 0.6 is 23.3 Å². The summed E-state index contributed by atoms with van der Waals surface area (Å²) in [5.41, 5.74) is -3.21. The number of fused-ring (bicyclic) bond motifs is 1. The fourth-order valence-electron chi connectivity index (χ4n) is 2.30. The summed E-state index contributed by atoms with van der Waals surface area (Å²) < 4.78 is 41.1. The quantitative estimate of drug-likeness (QED) is 0.507. The Morgan fingerprint density at radius 2 is 1.68 bits per heavy atom. The van der Waals surface area contributed by atoms with E-state index in [-0.39, 0.29) is 0 Å². The lowest BCUT2D eigenvalue weighted by atomic mass is 9.94. The van der Waals surface area contributed by atoms with E-state index in [1.165, 1.54) is 0 Å². The normalized spacial score (nSPS) is 26.6. The van der Waals surface area contributed by atoms with Crippen LogP contribution in [0.15, 0.2) is 28.0 Å². The number of aryl methyl sites for hydroxylation is 1. The third kappa shape index (κ3) is 2.15. The van der Waals surface area contributed by atoms with Crippen LogP contribution in [0.2, 0.25) is 0 Å². The first-order chi connectivity index (χ1) is 8.49. The first kappa shape index (κ1) is 15.0. The predicted molar refractivity (Wildman–Crippen MR) is 79.5 cm³/mol. The van der Waals surface area contributed by atoms with Gasteiger partial charge in [0.1, 0.15) is 0 Å². The van der Waals surface area contributed by atoms with Crippen molar-refractivity contribution in [1.82, 2.24) is 0 Å². The highest BCUT2D eigenvalue weighted by Gasteiger charge is 2.57. The Balaban J connectivity index is 2.78. The van der Waals surface area contributed by atoms with Crippen molar-refractivity contribution in [1.29, 1.82) is 0 Å². The van der Waals surface area contributed by atoms with Gasteiger partial charge in [0, 0.05) is 4.90 Å². The van der Waals surface area contributed by atoms with E-state index in [1.54, 1.807) is 18.2 Å². The average molecular weight is 353 g/mol. The number of alkyl halides is 3. The second kappa shape index (κ2) is 4.29. The van der Waals surface area contributed by atoms with E-state index >= 15 is 0 Å². The predicted octanol–water partition coefficient (Wildman–Crippen LogP) is 6.39. The molecule has 0 aromatic heterocycles. The van der Waals surface area contributed by atoms with Gasteiger partial charge >= 0.3 is 5.51 Å². The third-order valence-corrected chi connectivity index (χ3v) is 9.35. The molecule has 1 atom stereocenters. The van der Waals surface area contributed by atoms with Gasteiger partial charge in [-0.25, -0.2) is 0 Å². The summed E-state index contributed by atoms with van der Waals surface area (Å²) >= 11 is 3.09. The molecule has 5 heteroatoms. The zero-order valence-corrected chi connectivity index (χ0v) is 13.6. The van der Waals surface area contributed by atoms with Crippen LogP contribution in [0.3, 0.4) is 0 Å². The van der Waals surface area contributed by atoms with E-state index in [4.69, 9.17) is 0 Å². The maximum atomic E-state index is 13.7. The maximum absolute atomic E-state index is 13.7. The molecule has 0 radical (unpaired) electrons. The molecule has 1 aliphatic rings. The van der Waals surface area contributed by atoms with E-state index in [0.29, 0.717) is 9.80 Å². The molecule has 0 spiro atoms. The smallest absolute Gasteiger partial charge is 0.160 e. The Hall–Kier alpha value is -0.420. The lowest BCUT2D eigenvalue weighted by Crippen LogP contribution is -2.22. The second-order valence-corrected chi connectivity index (χ2v) is 11.1. The molecule has 106 valence electrons. The van der Waals surface area contributed by atoms with Crippen molar-refractivity contribution >= 4 is 29.4 Å². The number of benzene rings is 1. The Morgan fingerprint density at radius 3 is 2.16 bits per heavy atom. The van der Waals surface area contributed by atoms with Crippen LogP contribution in [0.25, 0.3) is 6.08 Å². The molecular formula is C14H16BrF3S. The molecule has 2 rings (SSSR count). The Morgan fingerprint density at radius 1 is 1.11 bits per heavy atom. The van der Waals surface area contributed by atoms with Gasteiger partial charge < -0.3 is 0 Å². The topological polar surface area (TPSA) is 0 Å². The first-order valence-electron chi connectivity index (χ1n) is 5.90. The van der Waals surface area contributed by atoms with Crippen LogP contribution in [0.5, 0.6) is 0 Å². The van der Waals surface area contributed by atoms with Crippen molar-refractivity contribution in [3.8, 4) is 0 Å². The summed E-state index contributed by atoms with van der Waals surface area (Å²) in [6.07, 6.45) is 1.72. The van der Waals surface area contributed by atoms with E-state index < -0.39 is 19.4 Å². The standard InChI is InChI=1S/C14H16BrF3S/c1-9-6-5-7-11-10(9)8-12(13(2,3)4)19(11,15)14(16,17)18/h5-8H,1-4H3. The minimum atomic E-state index is -4.29. The van der Waals surface area contributed by atoms with Gasteiger partial charge in [0.2, 0.25) is 0 Å². The van der Waals surface area contributed by atoms with E-state index in [0.717, 1.165) is 11.1 Å². The molecule has 1 unspecified atom stereocenters. The monoisotopic (exact) mass is 352 g/mol. The minimum absolute atomic E-state index is 0.380. The highest BCUT2D eigenvalue weighted by Crippen LogP contribution is 2.83. The van der Waals surface area contributed by atoms with Gasteiger partial charge in [-0.15, -0.1) is 0 Å². The summed E-state index contributed by atoms with van der Waals surface area (Å²) in [5, 5.41) is 0. The van der Waals surface area contributed by atoms with Gasteiger partial charge in [0.05, 0.1) is 0 Å². The van der Waals surface area contributed by atoms with Gasteiger partial charge in [-0.05, 0) is 63.8 Å². The maximum Gasteiger partial charge on any atom is 0.442 e. The molecule has 0 bridgehead atoms. The molecule has 0 saturated carbocycles. The largest absolute Gasteiger partial charge is 0.442 e. The van der Waals surface area contributed by atoms with Crippen LogP contribution in [-0.2, 0) is 0 Å². The van der Waals surface area contributed by atoms with Crippen LogP contribution in [0.1, 0.15) is 31.9 Å². The molecule has 0 fully saturated rings. The summed E-state index contributed by atoms with van der Waals surface area (Å²) in [6, 6.07) is 5.14. The van der Waals surface area contributed by atoms with Gasteiger partial charge in [-0.1, -0.05) is 32.9 Å². The van der Waals surface area contributed by atoms with Gasteiger partial charge in [0.25, 0.3) is 0 Å². The summed E-state index contributed by atoms with van der Waals surface area (Å²) in [6.45, 7) is 7.34. The molecular weight excluding hydrogens is 337 g/mol. The Kier molecular flexibility index (Phi) is 3.38. The molecule has 0 aliphatic carbocycles. The van der Waals surface area contributed by atoms with Crippen LogP contribution < -0.4 is 0 Å². The summed E-state index contributed by atoms with van der Waals surface area (Å²) in [7, 11) is -3.13. The van der Waals surface area contributed by atoms with E-state index in [1.807, 2.05) is 33.8 Å². The van der Waals surface area contributed by atoms with Crippen molar-refractivity contribution < 1.29 is 13.2 Å². The van der Waals surface area contributed by atoms with Crippen molar-refractivity contribution in [2.45, 2.75) is 38.1 Å². The van der Waals surface area contributed by atoms with Crippen LogP contribution in [-0.4, -0.2) is 5.51 Å². The van der Waals surface area contributed by atoms with E-state index in [2.05, 4.69) is 14.8 Å². The summed E-state index contributed by atoms with van der Waals surface area (Å²) in [5.74, 6) is 0. The number of halogens is 4. The number of hydrogen-bond donors (Lipinski definition) is 0. The van der Waals surface area contributed by atoms with Crippen molar-refractivity contribution in [3.05, 3.63) is 34.2 Å². The zero-order chi connectivity index (χ0) is 14.6. The van der Waals surface area contributed by atoms with Crippen LogP contribution in [0, 0.1) is 12.3 Å². The number of allylic oxidation sites excluding steroid dienone is 1. The average Bonchev–Trinajstić information content (AvgIpc) is 2.54. The number of rotatable bonds is 0. The van der Waals surface area contributed by atoms with Crippen molar-refractivity contribution in [2.75, 3.05) is 0 Å². The minimum Gasteiger partial charge on any atom is -0.160 e. The fraction of sp³-hybridized carbons (Fsp3) is 0.429. The zero-order valence-electron chi connectivity index (χ0n) is 11.2. The summed E-state index contributed by atoms with van der Waals surface area (Å²) in [4.78, 5) is 0.821. The molecule has 0 saturated heterocycles. The van der Waals surface area contributed by atoms with Gasteiger partial charge in [-0.3, -0.25) is 0 Å². The van der Waals surface area contributed by atoms with Gasteiger partial charge in [-0.2, -0.15) is 13.2 Å². The highest BCUT2D eigenvalue weighted by atomic mass is 79.9. The van der Waals surface area contributed by atoms with Gasteiger partial charge in [0.15, 0.2) is 0 Å². The first-order valence-corrected chi connectivity index (χ1v) is 9.38. The van der Waals surface area contributed by atoms with Crippen LogP contribution in [0.4, 0.5) is 13.2 Å². The second-order valence-electron chi connectivity index (χ2n) is 5.73.